The van der Waals surface area contributed by atoms with Crippen molar-refractivity contribution < 1.29 is 14.3 Å². The second kappa shape index (κ2) is 9.48. The minimum atomic E-state index is -0.582. The molecule has 2 rings (SSSR count). The van der Waals surface area contributed by atoms with E-state index in [2.05, 4.69) is 5.43 Å². The first-order valence-electron chi connectivity index (χ1n) is 9.97. The van der Waals surface area contributed by atoms with Crippen LogP contribution in [0.4, 0.5) is 0 Å². The first-order valence-corrected chi connectivity index (χ1v) is 9.97. The van der Waals surface area contributed by atoms with Gasteiger partial charge in [-0.25, -0.2) is 5.01 Å². The summed E-state index contributed by atoms with van der Waals surface area (Å²) < 4.78 is 5.31. The summed E-state index contributed by atoms with van der Waals surface area (Å²) in [7, 11) is 1.54. The minimum Gasteiger partial charge on any atom is -0.496 e. The highest BCUT2D eigenvalue weighted by Gasteiger charge is 2.31. The number of carbonyl (C=O) groups is 2. The van der Waals surface area contributed by atoms with E-state index in [0.29, 0.717) is 28.1 Å². The number of methoxy groups -OCH3 is 1. The van der Waals surface area contributed by atoms with Crippen LogP contribution in [-0.4, -0.2) is 23.9 Å². The molecular formula is C25H29N3O3. The lowest BCUT2D eigenvalue weighted by Crippen LogP contribution is -2.48. The van der Waals surface area contributed by atoms with Gasteiger partial charge >= 0.3 is 0 Å². The number of amides is 2. The summed E-state index contributed by atoms with van der Waals surface area (Å²) in [5, 5.41) is 10.5. The van der Waals surface area contributed by atoms with Crippen molar-refractivity contribution in [2.45, 2.75) is 41.5 Å². The number of carbonyl (C=O) groups excluding carboxylic acids is 2. The van der Waals surface area contributed by atoms with Crippen molar-refractivity contribution in [1.29, 1.82) is 5.26 Å². The van der Waals surface area contributed by atoms with E-state index in [4.69, 9.17) is 4.74 Å². The molecule has 0 aliphatic heterocycles. The lowest BCUT2D eigenvalue weighted by molar-refractivity contribution is 0.0610. The highest BCUT2D eigenvalue weighted by atomic mass is 16.5. The Morgan fingerprint density at radius 3 is 2.23 bits per heavy atom. The lowest BCUT2D eigenvalue weighted by Gasteiger charge is -2.33. The monoisotopic (exact) mass is 419 g/mol. The van der Waals surface area contributed by atoms with Gasteiger partial charge in [-0.3, -0.25) is 15.0 Å². The van der Waals surface area contributed by atoms with E-state index in [1.54, 1.807) is 37.3 Å². The third kappa shape index (κ3) is 5.52. The number of hydrogen-bond acceptors (Lipinski definition) is 4. The van der Waals surface area contributed by atoms with Gasteiger partial charge in [0.15, 0.2) is 0 Å². The summed E-state index contributed by atoms with van der Waals surface area (Å²) in [5.41, 5.74) is 5.84. The van der Waals surface area contributed by atoms with Crippen LogP contribution in [0.5, 0.6) is 5.75 Å². The molecule has 0 aliphatic rings. The molecule has 0 aliphatic carbocycles. The zero-order valence-electron chi connectivity index (χ0n) is 19.2. The Morgan fingerprint density at radius 1 is 1.10 bits per heavy atom. The van der Waals surface area contributed by atoms with Gasteiger partial charge in [-0.1, -0.05) is 44.0 Å². The van der Waals surface area contributed by atoms with Crippen molar-refractivity contribution >= 4 is 11.8 Å². The van der Waals surface area contributed by atoms with Crippen LogP contribution in [0.2, 0.25) is 0 Å². The maximum atomic E-state index is 13.5. The van der Waals surface area contributed by atoms with E-state index >= 15 is 0 Å². The fourth-order valence-corrected chi connectivity index (χ4v) is 3.37. The van der Waals surface area contributed by atoms with Crippen molar-refractivity contribution in [2.24, 2.45) is 5.41 Å². The molecule has 0 spiro atoms. The first-order chi connectivity index (χ1) is 14.5. The average molecular weight is 420 g/mol. The van der Waals surface area contributed by atoms with E-state index in [1.807, 2.05) is 46.8 Å². The molecule has 0 saturated carbocycles. The Balaban J connectivity index is 2.57. The van der Waals surface area contributed by atoms with Gasteiger partial charge in [0.1, 0.15) is 5.75 Å². The lowest BCUT2D eigenvalue weighted by atomic mass is 9.90. The number of aryl methyl sites for hydroxylation is 2. The Morgan fingerprint density at radius 2 is 1.71 bits per heavy atom. The summed E-state index contributed by atoms with van der Waals surface area (Å²) in [6.45, 7) is 11.2. The van der Waals surface area contributed by atoms with E-state index in [9.17, 15) is 14.9 Å². The predicted molar refractivity (Wildman–Crippen MR) is 120 cm³/mol. The summed E-state index contributed by atoms with van der Waals surface area (Å²) in [5.74, 6) is -0.317. The second-order valence-electron chi connectivity index (χ2n) is 8.50. The van der Waals surface area contributed by atoms with Gasteiger partial charge in [0.25, 0.3) is 11.8 Å². The molecule has 0 fully saturated rings. The molecule has 2 aromatic rings. The fraction of sp³-hybridized carbons (Fsp3) is 0.320. The van der Waals surface area contributed by atoms with Crippen LogP contribution >= 0.6 is 0 Å². The van der Waals surface area contributed by atoms with Crippen molar-refractivity contribution in [3.05, 3.63) is 76.0 Å². The Kier molecular flexibility index (Phi) is 7.24. The Hall–Kier alpha value is -3.59. The third-order valence-corrected chi connectivity index (χ3v) is 4.84. The number of benzene rings is 2. The van der Waals surface area contributed by atoms with Gasteiger partial charge in [-0.2, -0.15) is 5.26 Å². The Bertz CT molecular complexity index is 1050. The van der Waals surface area contributed by atoms with Crippen LogP contribution in [0, 0.1) is 37.5 Å². The summed E-state index contributed by atoms with van der Waals surface area (Å²) >= 11 is 0. The molecule has 0 radical (unpaired) electrons. The molecule has 0 heterocycles. The number of nitriles is 1. The topological polar surface area (TPSA) is 82.4 Å². The molecule has 162 valence electrons. The smallest absolute Gasteiger partial charge is 0.276 e. The van der Waals surface area contributed by atoms with E-state index < -0.39 is 17.2 Å². The van der Waals surface area contributed by atoms with Crippen LogP contribution in [-0.2, 0) is 0 Å². The minimum absolute atomic E-state index is 0.378. The number of hydrazine groups is 1. The zero-order chi connectivity index (χ0) is 23.3. The number of allylic oxidation sites excluding steroid dienone is 2. The molecule has 2 amide bonds. The number of hydrogen-bond donors (Lipinski definition) is 1. The molecule has 6 heteroatoms. The number of nitrogens with zero attached hydrogens (tertiary/aromatic N) is 2. The Labute approximate surface area is 184 Å². The van der Waals surface area contributed by atoms with Crippen molar-refractivity contribution in [1.82, 2.24) is 10.4 Å². The third-order valence-electron chi connectivity index (χ3n) is 4.84. The molecule has 0 saturated heterocycles. The van der Waals surface area contributed by atoms with Gasteiger partial charge in [0.2, 0.25) is 0 Å². The second-order valence-corrected chi connectivity index (χ2v) is 8.50. The van der Waals surface area contributed by atoms with Crippen LogP contribution in [0.3, 0.4) is 0 Å². The maximum absolute atomic E-state index is 13.5. The summed E-state index contributed by atoms with van der Waals surface area (Å²) in [6, 6.07) is 12.6. The molecule has 1 N–H and O–H groups in total. The van der Waals surface area contributed by atoms with Gasteiger partial charge in [-0.15, -0.1) is 0 Å². The maximum Gasteiger partial charge on any atom is 0.276 e. The SMILES string of the molecule is COc1cccc(C(=O)NN(C(=O)c2cc(C)cc(C)c2)/C(=C\C#N)C(C)(C)C)c1C. The molecule has 6 nitrogen and oxygen atoms in total. The predicted octanol–water partition coefficient (Wildman–Crippen LogP) is 4.86. The normalized spacial score (nSPS) is 11.5. The van der Waals surface area contributed by atoms with E-state index in [1.165, 1.54) is 18.2 Å². The van der Waals surface area contributed by atoms with Crippen LogP contribution < -0.4 is 10.2 Å². The summed E-state index contributed by atoms with van der Waals surface area (Å²) in [4.78, 5) is 26.7. The van der Waals surface area contributed by atoms with Crippen molar-refractivity contribution in [2.75, 3.05) is 7.11 Å². The molecule has 0 unspecified atom stereocenters. The number of ether oxygens (including phenoxy) is 1. The van der Waals surface area contributed by atoms with E-state index in [-0.39, 0.29) is 0 Å². The molecule has 0 bridgehead atoms. The van der Waals surface area contributed by atoms with Crippen LogP contribution in [0.1, 0.15) is 58.2 Å². The quantitative estimate of drug-likeness (QED) is 0.567. The molecule has 31 heavy (non-hydrogen) atoms. The van der Waals surface area contributed by atoms with Crippen molar-refractivity contribution in [3.8, 4) is 11.8 Å². The average Bonchev–Trinajstić information content (AvgIpc) is 2.68. The van der Waals surface area contributed by atoms with Crippen LogP contribution in [0.15, 0.2) is 48.2 Å². The summed E-state index contributed by atoms with van der Waals surface area (Å²) in [6.07, 6.45) is 1.29. The first kappa shape index (κ1) is 23.7. The van der Waals surface area contributed by atoms with Crippen molar-refractivity contribution in [3.63, 3.8) is 0 Å². The van der Waals surface area contributed by atoms with Gasteiger partial charge in [-0.05, 0) is 45.0 Å². The van der Waals surface area contributed by atoms with Crippen LogP contribution in [0.25, 0.3) is 0 Å². The molecule has 0 aromatic heterocycles. The van der Waals surface area contributed by atoms with Gasteiger partial charge in [0, 0.05) is 28.2 Å². The highest BCUT2D eigenvalue weighted by molar-refractivity contribution is 6.01. The standard InChI is InChI=1S/C25H29N3O3/c1-16-13-17(2)15-19(14-16)24(30)28(22(11-12-26)25(4,5)6)27-23(29)20-9-8-10-21(31-7)18(20)3/h8-11,13-15H,1-7H3,(H,27,29)/b22-11-. The number of nitrogens with one attached hydrogen (secondary N) is 1. The molecule has 2 aromatic carbocycles. The van der Waals surface area contributed by atoms with E-state index in [0.717, 1.165) is 11.1 Å². The molecule has 0 atom stereocenters. The van der Waals surface area contributed by atoms with Gasteiger partial charge in [0.05, 0.1) is 18.9 Å². The fourth-order valence-electron chi connectivity index (χ4n) is 3.37. The number of rotatable bonds is 4. The molecular weight excluding hydrogens is 390 g/mol. The largest absolute Gasteiger partial charge is 0.496 e. The highest BCUT2D eigenvalue weighted by Crippen LogP contribution is 2.29. The van der Waals surface area contributed by atoms with Gasteiger partial charge < -0.3 is 4.74 Å². The zero-order valence-corrected chi connectivity index (χ0v) is 19.2.